The summed E-state index contributed by atoms with van der Waals surface area (Å²) in [5.74, 6) is 1.12. The maximum absolute atomic E-state index is 9.52. The first kappa shape index (κ1) is 9.74. The maximum atomic E-state index is 9.52. The molecule has 0 radical (unpaired) electrons. The van der Waals surface area contributed by atoms with Gasteiger partial charge in [0.25, 0.3) is 0 Å². The van der Waals surface area contributed by atoms with Crippen molar-refractivity contribution in [3.8, 4) is 11.5 Å². The lowest BCUT2D eigenvalue weighted by atomic mass is 10.2. The van der Waals surface area contributed by atoms with Gasteiger partial charge in [0.2, 0.25) is 0 Å². The third-order valence-corrected chi connectivity index (χ3v) is 2.31. The molecule has 0 aliphatic heterocycles. The first-order valence-corrected chi connectivity index (χ1v) is 4.77. The molecule has 1 rings (SSSR count). The summed E-state index contributed by atoms with van der Waals surface area (Å²) in [4.78, 5) is 0. The Morgan fingerprint density at radius 1 is 1.58 bits per heavy atom. The third-order valence-electron chi connectivity index (χ3n) is 1.51. The summed E-state index contributed by atoms with van der Waals surface area (Å²) in [5.41, 5.74) is 0.754. The summed E-state index contributed by atoms with van der Waals surface area (Å²) in [7, 11) is 1.52. The van der Waals surface area contributed by atoms with E-state index in [1.807, 2.05) is 6.07 Å². The van der Waals surface area contributed by atoms with Gasteiger partial charge in [-0.3, -0.25) is 0 Å². The molecule has 0 unspecified atom stereocenters. The van der Waals surface area contributed by atoms with Gasteiger partial charge in [0.1, 0.15) is 0 Å². The van der Waals surface area contributed by atoms with Gasteiger partial charge in [-0.15, -0.1) is 0 Å². The molecule has 0 atom stereocenters. The summed E-state index contributed by atoms with van der Waals surface area (Å²) < 4.78 is 5.83. The highest BCUT2D eigenvalue weighted by Gasteiger charge is 2.07. The summed E-state index contributed by atoms with van der Waals surface area (Å²) in [5, 5.41) is 9.52. The molecule has 1 N–H and O–H groups in total. The summed E-state index contributed by atoms with van der Waals surface area (Å²) >= 11 is 7.38. The van der Waals surface area contributed by atoms with Crippen molar-refractivity contribution in [1.82, 2.24) is 0 Å². The van der Waals surface area contributed by atoms with Crippen molar-refractivity contribution in [1.29, 1.82) is 0 Å². The Labute approximate surface area is 85.1 Å². The molecule has 66 valence electrons. The molecule has 0 bridgehead atoms. The van der Waals surface area contributed by atoms with E-state index in [0.29, 0.717) is 11.5 Å². The summed E-state index contributed by atoms with van der Waals surface area (Å²) in [6.07, 6.45) is 0. The Kier molecular flexibility index (Phi) is 3.29. The van der Waals surface area contributed by atoms with Crippen LogP contribution in [0.5, 0.6) is 11.5 Å². The summed E-state index contributed by atoms with van der Waals surface area (Å²) in [6, 6.07) is 3.52. The Morgan fingerprint density at radius 3 is 2.75 bits per heavy atom. The van der Waals surface area contributed by atoms with Crippen LogP contribution >= 0.6 is 28.6 Å². The van der Waals surface area contributed by atoms with E-state index in [1.165, 1.54) is 7.11 Å². The Morgan fingerprint density at radius 2 is 2.25 bits per heavy atom. The molecule has 2 nitrogen and oxygen atoms in total. The standard InChI is InChI=1S/C8H9BrO2S/c1-11-7-3-6(9)2-5(4-12)8(7)10/h2-3,10,12H,4H2,1H3. The van der Waals surface area contributed by atoms with E-state index in [4.69, 9.17) is 4.74 Å². The van der Waals surface area contributed by atoms with Crippen molar-refractivity contribution in [2.45, 2.75) is 5.75 Å². The van der Waals surface area contributed by atoms with Crippen molar-refractivity contribution in [3.63, 3.8) is 0 Å². The first-order valence-electron chi connectivity index (χ1n) is 3.35. The minimum Gasteiger partial charge on any atom is -0.504 e. The molecule has 0 aliphatic rings. The lowest BCUT2D eigenvalue weighted by Crippen LogP contribution is -1.87. The van der Waals surface area contributed by atoms with Gasteiger partial charge in [-0.05, 0) is 12.1 Å². The van der Waals surface area contributed by atoms with Gasteiger partial charge in [-0.1, -0.05) is 15.9 Å². The largest absolute Gasteiger partial charge is 0.504 e. The fraction of sp³-hybridized carbons (Fsp3) is 0.250. The predicted molar refractivity (Wildman–Crippen MR) is 55.0 cm³/mol. The van der Waals surface area contributed by atoms with Gasteiger partial charge < -0.3 is 9.84 Å². The van der Waals surface area contributed by atoms with Gasteiger partial charge in [0, 0.05) is 15.8 Å². The van der Waals surface area contributed by atoms with E-state index < -0.39 is 0 Å². The Balaban J connectivity index is 3.22. The van der Waals surface area contributed by atoms with Crippen LogP contribution in [0.1, 0.15) is 5.56 Å². The highest BCUT2D eigenvalue weighted by atomic mass is 79.9. The van der Waals surface area contributed by atoms with Crippen molar-refractivity contribution < 1.29 is 9.84 Å². The predicted octanol–water partition coefficient (Wildman–Crippen LogP) is 2.59. The number of benzene rings is 1. The van der Waals surface area contributed by atoms with Crippen LogP contribution in [0.4, 0.5) is 0 Å². The van der Waals surface area contributed by atoms with Gasteiger partial charge >= 0.3 is 0 Å². The van der Waals surface area contributed by atoms with Crippen LogP contribution in [0.15, 0.2) is 16.6 Å². The van der Waals surface area contributed by atoms with E-state index >= 15 is 0 Å². The van der Waals surface area contributed by atoms with Crippen LogP contribution in [-0.2, 0) is 5.75 Å². The number of hydrogen-bond donors (Lipinski definition) is 2. The number of aromatic hydroxyl groups is 1. The van der Waals surface area contributed by atoms with Gasteiger partial charge in [0.05, 0.1) is 7.11 Å². The lowest BCUT2D eigenvalue weighted by Gasteiger charge is -2.07. The number of rotatable bonds is 2. The second-order valence-electron chi connectivity index (χ2n) is 2.27. The third kappa shape index (κ3) is 1.87. The number of ether oxygens (including phenoxy) is 1. The molecule has 12 heavy (non-hydrogen) atoms. The average Bonchev–Trinajstić information content (AvgIpc) is 2.08. The quantitative estimate of drug-likeness (QED) is 0.789. The molecule has 0 aromatic heterocycles. The number of hydrogen-bond acceptors (Lipinski definition) is 3. The molecule has 4 heteroatoms. The fourth-order valence-corrected chi connectivity index (χ4v) is 1.63. The van der Waals surface area contributed by atoms with Crippen LogP contribution in [0.2, 0.25) is 0 Å². The average molecular weight is 249 g/mol. The normalized spacial score (nSPS) is 9.92. The molecule has 0 heterocycles. The second kappa shape index (κ2) is 4.05. The highest BCUT2D eigenvalue weighted by molar-refractivity contribution is 9.10. The topological polar surface area (TPSA) is 29.5 Å². The zero-order chi connectivity index (χ0) is 9.14. The Bertz CT molecular complexity index is 263. The SMILES string of the molecule is COc1cc(Br)cc(CS)c1O. The number of phenols is 1. The van der Waals surface area contributed by atoms with E-state index in [1.54, 1.807) is 6.07 Å². The van der Waals surface area contributed by atoms with Crippen LogP contribution < -0.4 is 4.74 Å². The van der Waals surface area contributed by atoms with Crippen molar-refractivity contribution in [3.05, 3.63) is 22.2 Å². The van der Waals surface area contributed by atoms with Crippen LogP contribution in [0.25, 0.3) is 0 Å². The van der Waals surface area contributed by atoms with E-state index in [0.717, 1.165) is 10.0 Å². The number of phenolic OH excluding ortho intramolecular Hbond substituents is 1. The molecule has 1 aromatic carbocycles. The number of thiol groups is 1. The molecule has 0 fully saturated rings. The molecule has 0 saturated carbocycles. The zero-order valence-corrected chi connectivity index (χ0v) is 9.02. The number of methoxy groups -OCH3 is 1. The first-order chi connectivity index (χ1) is 5.69. The van der Waals surface area contributed by atoms with E-state index in [-0.39, 0.29) is 5.75 Å². The van der Waals surface area contributed by atoms with E-state index in [2.05, 4.69) is 28.6 Å². The van der Waals surface area contributed by atoms with Crippen molar-refractivity contribution >= 4 is 28.6 Å². The van der Waals surface area contributed by atoms with Crippen molar-refractivity contribution in [2.24, 2.45) is 0 Å². The fourth-order valence-electron chi connectivity index (χ4n) is 0.904. The van der Waals surface area contributed by atoms with Gasteiger partial charge in [-0.2, -0.15) is 12.6 Å². The minimum absolute atomic E-state index is 0.163. The Hall–Kier alpha value is -0.350. The highest BCUT2D eigenvalue weighted by Crippen LogP contribution is 2.34. The number of halogens is 1. The smallest absolute Gasteiger partial charge is 0.161 e. The van der Waals surface area contributed by atoms with E-state index in [9.17, 15) is 5.11 Å². The molecule has 0 amide bonds. The molecule has 1 aromatic rings. The molecular weight excluding hydrogens is 240 g/mol. The second-order valence-corrected chi connectivity index (χ2v) is 3.51. The minimum atomic E-state index is 0.163. The summed E-state index contributed by atoms with van der Waals surface area (Å²) in [6.45, 7) is 0. The van der Waals surface area contributed by atoms with Crippen LogP contribution in [-0.4, -0.2) is 12.2 Å². The monoisotopic (exact) mass is 248 g/mol. The maximum Gasteiger partial charge on any atom is 0.161 e. The molecule has 0 spiro atoms. The molecule has 0 saturated heterocycles. The molecule has 0 aliphatic carbocycles. The van der Waals surface area contributed by atoms with Gasteiger partial charge in [0.15, 0.2) is 11.5 Å². The molecular formula is C8H9BrO2S. The van der Waals surface area contributed by atoms with Crippen LogP contribution in [0.3, 0.4) is 0 Å². The van der Waals surface area contributed by atoms with Crippen molar-refractivity contribution in [2.75, 3.05) is 7.11 Å². The van der Waals surface area contributed by atoms with Crippen LogP contribution in [0, 0.1) is 0 Å². The van der Waals surface area contributed by atoms with Gasteiger partial charge in [-0.25, -0.2) is 0 Å². The lowest BCUT2D eigenvalue weighted by molar-refractivity contribution is 0.371. The zero-order valence-electron chi connectivity index (χ0n) is 6.54.